The summed E-state index contributed by atoms with van der Waals surface area (Å²) in [7, 11) is 0. The molecule has 6 heterocycles. The summed E-state index contributed by atoms with van der Waals surface area (Å²) in [5.41, 5.74) is 29.4. The molecule has 0 fully saturated rings. The van der Waals surface area contributed by atoms with Gasteiger partial charge in [-0.05, 0) is 306 Å². The van der Waals surface area contributed by atoms with Crippen LogP contribution in [0.4, 0.5) is 0 Å². The van der Waals surface area contributed by atoms with Gasteiger partial charge in [0.25, 0.3) is 0 Å². The Bertz CT molecular complexity index is 11900. The third kappa shape index (κ3) is 11.5. The third-order valence-electron chi connectivity index (χ3n) is 33.1. The van der Waals surface area contributed by atoms with Gasteiger partial charge in [0, 0.05) is 101 Å². The van der Waals surface area contributed by atoms with Gasteiger partial charge in [-0.2, -0.15) is 0 Å². The Morgan fingerprint density at radius 1 is 0.147 bits per heavy atom. The topological polar surface area (TPSA) is 57.5 Å². The average Bonchev–Trinajstić information content (AvgIpc) is 1.68. The first-order chi connectivity index (χ1) is 74.4. The van der Waals surface area contributed by atoms with Crippen LogP contribution >= 0.6 is 11.3 Å². The van der Waals surface area contributed by atoms with Gasteiger partial charge in [-0.15, -0.1) is 11.3 Å². The minimum atomic E-state index is 0.851. The Labute approximate surface area is 860 Å². The zero-order valence-electron chi connectivity index (χ0n) is 80.6. The Morgan fingerprint density at radius 3 is 0.940 bits per heavy atom. The number of furan rings is 4. The summed E-state index contributed by atoms with van der Waals surface area (Å²) in [6.07, 6.45) is 0. The number of thiophene rings is 1. The number of benzene rings is 28. The SMILES string of the molecule is c1ccc2c(c1)oc1ccc(-c3c4ccccc4c(-c4ccc5oc6c7ccc(-c8cccc9sc%10c(-c%11c%12ccccc%12c(-c%12ccc%13oc%14c%15cc(-c%16ccc%17c(c%16)c%16ccccc%16n%17-c%16ccc(-c%17c%18ccccc%18c(-c%18ccc%19oc%20c%21ccccc%21c%21ccccc%21c%20c%19c%18)c%18ccccc%17%18)cc%16)ccc%15c%15ccccc%15c%14c%13c%12)c%12ccccc%11%12)cccc%10c89)cc7c7ccccc7c6c5c4)c4ccccc34)cc12. The zero-order valence-corrected chi connectivity index (χ0v) is 81.4. The molecule has 0 saturated heterocycles. The molecular formula is C144H79NO4S. The normalized spacial score (nSPS) is 12.4. The molecule has 0 aliphatic rings. The number of rotatable bonds is 9. The monoisotopic (exact) mass is 1920 g/mol. The number of hydrogen-bond acceptors (Lipinski definition) is 5. The standard InChI is InChI=1S/C144H79NO4S/c1-5-33-97-90(27-1)92-29-4-20-48-112(92)141-138(97)120-77-85(61-70-127(120)147-141)133-102-38-10-8-36-100(102)131(101-37-9-11-39-103(101)133)80-55-64-88(65-56-80)145-123-52-23-21-31-95(123)117-73-82(59-68-124(117)145)81-57-66-94-91-28-2-6-34-98(91)140-122-79-87(63-72-129(122)149-143(140)119(94)74-81)135-108-44-16-18-46-110(108)136(111-47-19-17-45-109(111)135)114-50-25-51-115-137-89(49-26-54-130(137)150-144(114)115)83-58-67-113-116(75-83)93-30-3-7-35-99(93)139-121-78-86(62-71-128(121)148-142(113)139)134-106-42-14-12-40-104(106)132(105-41-13-15-43-107(105)134)84-60-69-126-118(76-84)96-32-22-24-53-125(96)146-126/h1-79H. The van der Waals surface area contributed by atoms with Gasteiger partial charge in [0.15, 0.2) is 0 Å². The summed E-state index contributed by atoms with van der Waals surface area (Å²) < 4.78 is 32.7. The van der Waals surface area contributed by atoms with E-state index >= 15 is 0 Å². The van der Waals surface area contributed by atoms with Crippen LogP contribution in [0.15, 0.2) is 497 Å². The van der Waals surface area contributed by atoms with Crippen LogP contribution in [0, 0.1) is 0 Å². The van der Waals surface area contributed by atoms with Crippen molar-refractivity contribution < 1.29 is 17.7 Å². The second-order valence-electron chi connectivity index (χ2n) is 40.7. The quantitative estimate of drug-likeness (QED) is 0.107. The maximum absolute atomic E-state index is 7.34. The molecule has 150 heavy (non-hydrogen) atoms. The van der Waals surface area contributed by atoms with E-state index in [1.807, 2.05) is 17.4 Å². The smallest absolute Gasteiger partial charge is 0.143 e. The van der Waals surface area contributed by atoms with E-state index in [4.69, 9.17) is 17.7 Å². The predicted octanol–water partition coefficient (Wildman–Crippen LogP) is 41.9. The fourth-order valence-electron chi connectivity index (χ4n) is 26.7. The van der Waals surface area contributed by atoms with Crippen molar-refractivity contribution in [2.75, 3.05) is 0 Å². The van der Waals surface area contributed by atoms with Gasteiger partial charge in [-0.1, -0.05) is 370 Å². The van der Waals surface area contributed by atoms with Crippen molar-refractivity contribution in [1.82, 2.24) is 4.57 Å². The average molecular weight is 1920 g/mol. The van der Waals surface area contributed by atoms with Gasteiger partial charge in [0.05, 0.1) is 11.0 Å². The molecular weight excluding hydrogens is 1840 g/mol. The van der Waals surface area contributed by atoms with E-state index < -0.39 is 0 Å². The highest BCUT2D eigenvalue weighted by atomic mass is 32.1. The lowest BCUT2D eigenvalue weighted by molar-refractivity contribution is 0.669. The molecule has 34 rings (SSSR count). The molecule has 0 aliphatic carbocycles. The Hall–Kier alpha value is -19.5. The largest absolute Gasteiger partial charge is 0.456 e. The van der Waals surface area contributed by atoms with E-state index in [1.165, 1.54) is 167 Å². The van der Waals surface area contributed by atoms with Crippen molar-refractivity contribution in [2.45, 2.75) is 0 Å². The number of fused-ring (bicyclic) bond motifs is 39. The maximum atomic E-state index is 7.34. The van der Waals surface area contributed by atoms with E-state index in [0.717, 1.165) is 187 Å². The fraction of sp³-hybridized carbons (Fsp3) is 0. The third-order valence-corrected chi connectivity index (χ3v) is 34.3. The Balaban J connectivity index is 0.460. The molecule has 0 amide bonds. The van der Waals surface area contributed by atoms with Crippen LogP contribution in [0.1, 0.15) is 0 Å². The first kappa shape index (κ1) is 81.9. The molecule has 0 aliphatic heterocycles. The summed E-state index contributed by atoms with van der Waals surface area (Å²) in [5, 5.41) is 42.2. The lowest BCUT2D eigenvalue weighted by Gasteiger charge is -2.18. The Morgan fingerprint density at radius 2 is 0.447 bits per heavy atom. The molecule has 6 heteroatoms. The zero-order chi connectivity index (χ0) is 97.5. The van der Waals surface area contributed by atoms with Gasteiger partial charge >= 0.3 is 0 Å². The molecule has 6 aromatic heterocycles. The number of hydrogen-bond donors (Lipinski definition) is 0. The van der Waals surface area contributed by atoms with E-state index in [9.17, 15) is 0 Å². The molecule has 0 bridgehead atoms. The van der Waals surface area contributed by atoms with Crippen LogP contribution in [0.5, 0.6) is 0 Å². The molecule has 0 saturated carbocycles. The lowest BCUT2D eigenvalue weighted by atomic mass is 9.85. The van der Waals surface area contributed by atoms with Crippen molar-refractivity contribution >= 4 is 270 Å². The maximum Gasteiger partial charge on any atom is 0.143 e. The fourth-order valence-corrected chi connectivity index (χ4v) is 28.0. The van der Waals surface area contributed by atoms with E-state index in [-0.39, 0.29) is 0 Å². The molecule has 0 atom stereocenters. The first-order valence-corrected chi connectivity index (χ1v) is 52.4. The highest BCUT2D eigenvalue weighted by molar-refractivity contribution is 7.26. The molecule has 0 spiro atoms. The summed E-state index contributed by atoms with van der Waals surface area (Å²) in [4.78, 5) is 0. The second kappa shape index (κ2) is 31.0. The van der Waals surface area contributed by atoms with Crippen LogP contribution in [0.2, 0.25) is 0 Å². The minimum Gasteiger partial charge on any atom is -0.456 e. The highest BCUT2D eigenvalue weighted by Gasteiger charge is 2.30. The molecule has 5 nitrogen and oxygen atoms in total. The Kier molecular flexibility index (Phi) is 16.9. The predicted molar refractivity (Wildman–Crippen MR) is 636 cm³/mol. The number of aromatic nitrogens is 1. The summed E-state index contributed by atoms with van der Waals surface area (Å²) in [5.74, 6) is 0. The van der Waals surface area contributed by atoms with Crippen LogP contribution < -0.4 is 0 Å². The molecule has 28 aromatic carbocycles. The van der Waals surface area contributed by atoms with Gasteiger partial charge in [-0.3, -0.25) is 0 Å². The van der Waals surface area contributed by atoms with Crippen LogP contribution in [-0.2, 0) is 0 Å². The van der Waals surface area contributed by atoms with E-state index in [1.54, 1.807) is 0 Å². The highest BCUT2D eigenvalue weighted by Crippen LogP contribution is 2.57. The lowest BCUT2D eigenvalue weighted by Crippen LogP contribution is -1.95. The van der Waals surface area contributed by atoms with Crippen LogP contribution in [-0.4, -0.2) is 4.57 Å². The minimum absolute atomic E-state index is 0.851. The first-order valence-electron chi connectivity index (χ1n) is 51.6. The number of para-hydroxylation sites is 2. The van der Waals surface area contributed by atoms with Crippen molar-refractivity contribution in [3.8, 4) is 94.7 Å². The van der Waals surface area contributed by atoms with Gasteiger partial charge in [0.1, 0.15) is 44.7 Å². The van der Waals surface area contributed by atoms with Crippen molar-refractivity contribution in [1.29, 1.82) is 0 Å². The molecule has 690 valence electrons. The van der Waals surface area contributed by atoms with E-state index in [2.05, 4.69) is 478 Å². The molecule has 0 radical (unpaired) electrons. The molecule has 0 unspecified atom stereocenters. The van der Waals surface area contributed by atoms with Gasteiger partial charge in [-0.25, -0.2) is 0 Å². The summed E-state index contributed by atoms with van der Waals surface area (Å²) in [6, 6.07) is 178. The summed E-state index contributed by atoms with van der Waals surface area (Å²) >= 11 is 1.89. The molecule has 0 N–H and O–H groups in total. The van der Waals surface area contributed by atoms with Crippen molar-refractivity contribution in [2.24, 2.45) is 0 Å². The van der Waals surface area contributed by atoms with Crippen molar-refractivity contribution in [3.63, 3.8) is 0 Å². The van der Waals surface area contributed by atoms with Gasteiger partial charge in [0.2, 0.25) is 0 Å². The van der Waals surface area contributed by atoms with Crippen LogP contribution in [0.25, 0.3) is 354 Å². The van der Waals surface area contributed by atoms with E-state index in [0.29, 0.717) is 0 Å². The van der Waals surface area contributed by atoms with Crippen molar-refractivity contribution in [3.05, 3.63) is 479 Å². The number of nitrogens with zero attached hydrogens (tertiary/aromatic N) is 1. The summed E-state index contributed by atoms with van der Waals surface area (Å²) in [6.45, 7) is 0. The van der Waals surface area contributed by atoms with Gasteiger partial charge < -0.3 is 22.2 Å². The molecule has 34 aromatic rings. The second-order valence-corrected chi connectivity index (χ2v) is 41.7. The van der Waals surface area contributed by atoms with Crippen LogP contribution in [0.3, 0.4) is 0 Å².